The third-order valence-electron chi connectivity index (χ3n) is 3.10. The highest BCUT2D eigenvalue weighted by Crippen LogP contribution is 2.31. The fraction of sp³-hybridized carbons (Fsp3) is 0. The Morgan fingerprint density at radius 1 is 1.05 bits per heavy atom. The first-order valence-electron chi connectivity index (χ1n) is 6.37. The topological polar surface area (TPSA) is 56.0 Å². The van der Waals surface area contributed by atoms with E-state index in [1.807, 2.05) is 30.3 Å². The van der Waals surface area contributed by atoms with E-state index in [4.69, 9.17) is 13.6 Å². The van der Waals surface area contributed by atoms with Crippen molar-refractivity contribution in [3.63, 3.8) is 0 Å². The number of hydrogen-bond donors (Lipinski definition) is 1. The van der Waals surface area contributed by atoms with Crippen LogP contribution in [0.5, 0.6) is 0 Å². The summed E-state index contributed by atoms with van der Waals surface area (Å²) in [5, 5.41) is 0.367. The van der Waals surface area contributed by atoms with E-state index in [1.54, 1.807) is 24.3 Å². The molecule has 1 heterocycles. The smallest absolute Gasteiger partial charge is 0.204 e. The van der Waals surface area contributed by atoms with Gasteiger partial charge in [0.25, 0.3) is 0 Å². The number of nitrogens with two attached hydrogens (primary N) is 1. The van der Waals surface area contributed by atoms with Crippen LogP contribution in [0.15, 0.2) is 54.6 Å². The van der Waals surface area contributed by atoms with Crippen molar-refractivity contribution >= 4 is 35.6 Å². The van der Waals surface area contributed by atoms with Crippen LogP contribution < -0.4 is 11.2 Å². The van der Waals surface area contributed by atoms with Crippen molar-refractivity contribution in [1.29, 1.82) is 0 Å². The zero-order valence-corrected chi connectivity index (χ0v) is 11.9. The van der Waals surface area contributed by atoms with Crippen LogP contribution in [-0.2, 0) is 0 Å². The van der Waals surface area contributed by atoms with Crippen molar-refractivity contribution in [2.45, 2.75) is 0 Å². The van der Waals surface area contributed by atoms with Gasteiger partial charge in [0.2, 0.25) is 5.78 Å². The molecule has 2 radical (unpaired) electrons. The van der Waals surface area contributed by atoms with Gasteiger partial charge in [0.1, 0.15) is 12.7 Å². The predicted molar refractivity (Wildman–Crippen MR) is 87.2 cm³/mol. The molecule has 21 heavy (non-hydrogen) atoms. The maximum atomic E-state index is 12.7. The first kappa shape index (κ1) is 13.6. The summed E-state index contributed by atoms with van der Waals surface area (Å²) in [5.74, 6) is -0.152. The molecule has 2 aromatic carbocycles. The van der Waals surface area contributed by atoms with Gasteiger partial charge in [-0.05, 0) is 0 Å². The second kappa shape index (κ2) is 5.54. The van der Waals surface area contributed by atoms with Crippen LogP contribution in [0.2, 0.25) is 0 Å². The Morgan fingerprint density at radius 2 is 1.71 bits per heavy atom. The third kappa shape index (κ3) is 2.60. The largest absolute Gasteiger partial charge is 0.375 e. The summed E-state index contributed by atoms with van der Waals surface area (Å²) >= 11 is 1.18. The van der Waals surface area contributed by atoms with E-state index in [-0.39, 0.29) is 5.78 Å². The Morgan fingerprint density at radius 3 is 2.43 bits per heavy atom. The fourth-order valence-corrected chi connectivity index (χ4v) is 2.92. The van der Waals surface area contributed by atoms with Crippen molar-refractivity contribution in [3.05, 3.63) is 65.0 Å². The van der Waals surface area contributed by atoms with Crippen molar-refractivity contribution in [1.82, 2.24) is 4.98 Å². The van der Waals surface area contributed by atoms with Gasteiger partial charge in [-0.3, -0.25) is 4.79 Å². The zero-order chi connectivity index (χ0) is 14.8. The van der Waals surface area contributed by atoms with Crippen LogP contribution in [0, 0.1) is 0 Å². The van der Waals surface area contributed by atoms with Gasteiger partial charge in [0.05, 0.1) is 5.69 Å². The minimum absolute atomic E-state index is 0.152. The lowest BCUT2D eigenvalue weighted by molar-refractivity contribution is 0.104. The number of nitrogen functional groups attached to an aromatic ring is 1. The summed E-state index contributed by atoms with van der Waals surface area (Å²) in [6.07, 6.45) is 0. The molecule has 0 amide bonds. The number of aromatic nitrogens is 1. The number of ketones is 1. The van der Waals surface area contributed by atoms with Crippen molar-refractivity contribution in [2.75, 3.05) is 5.73 Å². The molecule has 0 unspecified atom stereocenters. The Kier molecular flexibility index (Phi) is 3.58. The zero-order valence-electron chi connectivity index (χ0n) is 11.1. The first-order chi connectivity index (χ1) is 10.2. The van der Waals surface area contributed by atoms with Gasteiger partial charge in [-0.1, -0.05) is 71.4 Å². The van der Waals surface area contributed by atoms with E-state index < -0.39 is 0 Å². The molecule has 0 bridgehead atoms. The Bertz CT molecular complexity index is 799. The molecule has 0 spiro atoms. The second-order valence-corrected chi connectivity index (χ2v) is 5.54. The molecule has 5 heteroatoms. The van der Waals surface area contributed by atoms with Crippen molar-refractivity contribution in [3.8, 4) is 11.3 Å². The second-order valence-electron chi connectivity index (χ2n) is 4.51. The Hall–Kier alpha value is -2.40. The van der Waals surface area contributed by atoms with Crippen LogP contribution >= 0.6 is 11.3 Å². The van der Waals surface area contributed by atoms with Gasteiger partial charge in [0, 0.05) is 11.1 Å². The van der Waals surface area contributed by atoms with Gasteiger partial charge in [-0.2, -0.15) is 0 Å². The lowest BCUT2D eigenvalue weighted by Gasteiger charge is -2.05. The number of carbonyl (C=O) groups is 1. The molecule has 0 aliphatic heterocycles. The van der Waals surface area contributed by atoms with Crippen LogP contribution in [-0.4, -0.2) is 18.6 Å². The fourth-order valence-electron chi connectivity index (χ4n) is 2.11. The molecule has 0 saturated carbocycles. The van der Waals surface area contributed by atoms with E-state index in [2.05, 4.69) is 4.98 Å². The average Bonchev–Trinajstić information content (AvgIpc) is 2.90. The SMILES string of the molecule is [B]c1ccccc1C(=O)c1sc(N)nc1-c1ccccc1. The van der Waals surface area contributed by atoms with Crippen LogP contribution in [0.3, 0.4) is 0 Å². The molecule has 0 fully saturated rings. The molecule has 1 aromatic heterocycles. The minimum Gasteiger partial charge on any atom is -0.375 e. The lowest BCUT2D eigenvalue weighted by atomic mass is 9.88. The number of carbonyl (C=O) groups excluding carboxylic acids is 1. The van der Waals surface area contributed by atoms with E-state index in [9.17, 15) is 4.79 Å². The number of nitrogens with zero attached hydrogens (tertiary/aromatic N) is 1. The summed E-state index contributed by atoms with van der Waals surface area (Å²) in [5.41, 5.74) is 8.18. The molecule has 0 aliphatic carbocycles. The quantitative estimate of drug-likeness (QED) is 0.595. The highest BCUT2D eigenvalue weighted by Gasteiger charge is 2.20. The number of benzene rings is 2. The molecular weight excluding hydrogens is 279 g/mol. The number of rotatable bonds is 3. The average molecular weight is 290 g/mol. The molecule has 0 atom stereocenters. The van der Waals surface area contributed by atoms with Crippen LogP contribution in [0.1, 0.15) is 15.2 Å². The lowest BCUT2D eigenvalue weighted by Crippen LogP contribution is -2.15. The molecule has 0 aliphatic rings. The monoisotopic (exact) mass is 290 g/mol. The van der Waals surface area contributed by atoms with E-state index >= 15 is 0 Å². The molecule has 3 rings (SSSR count). The maximum absolute atomic E-state index is 12.7. The number of anilines is 1. The van der Waals surface area contributed by atoms with E-state index in [1.165, 1.54) is 11.3 Å². The minimum atomic E-state index is -0.152. The van der Waals surface area contributed by atoms with E-state index in [0.29, 0.717) is 26.7 Å². The summed E-state index contributed by atoms with van der Waals surface area (Å²) in [6, 6.07) is 16.5. The van der Waals surface area contributed by atoms with E-state index in [0.717, 1.165) is 5.56 Å². The summed E-state index contributed by atoms with van der Waals surface area (Å²) < 4.78 is 0. The Balaban J connectivity index is 2.12. The third-order valence-corrected chi connectivity index (χ3v) is 3.99. The standard InChI is InChI=1S/C16H11BN2OS/c17-12-9-5-4-8-11(12)14(20)15-13(19-16(18)21-15)10-6-2-1-3-7-10/h1-9H,(H2,18,19). The Labute approximate surface area is 127 Å². The van der Waals surface area contributed by atoms with Gasteiger partial charge < -0.3 is 5.73 Å². The van der Waals surface area contributed by atoms with Gasteiger partial charge >= 0.3 is 0 Å². The van der Waals surface area contributed by atoms with Crippen molar-refractivity contribution < 1.29 is 4.79 Å². The van der Waals surface area contributed by atoms with Gasteiger partial charge in [-0.15, -0.1) is 0 Å². The highest BCUT2D eigenvalue weighted by atomic mass is 32.1. The first-order valence-corrected chi connectivity index (χ1v) is 7.19. The molecule has 3 aromatic rings. The van der Waals surface area contributed by atoms with Crippen LogP contribution in [0.25, 0.3) is 11.3 Å². The maximum Gasteiger partial charge on any atom is 0.204 e. The van der Waals surface area contributed by atoms with Gasteiger partial charge in [0.15, 0.2) is 5.13 Å². The normalized spacial score (nSPS) is 10.5. The molecule has 2 N–H and O–H groups in total. The molecular formula is C16H11BN2OS. The number of thiazole rings is 1. The molecule has 100 valence electrons. The summed E-state index contributed by atoms with van der Waals surface area (Å²) in [6.45, 7) is 0. The summed E-state index contributed by atoms with van der Waals surface area (Å²) in [4.78, 5) is 17.5. The van der Waals surface area contributed by atoms with Gasteiger partial charge in [-0.25, -0.2) is 4.98 Å². The highest BCUT2D eigenvalue weighted by molar-refractivity contribution is 7.18. The molecule has 0 saturated heterocycles. The van der Waals surface area contributed by atoms with Crippen molar-refractivity contribution in [2.24, 2.45) is 0 Å². The molecule has 3 nitrogen and oxygen atoms in total. The predicted octanol–water partition coefficient (Wildman–Crippen LogP) is 2.42. The van der Waals surface area contributed by atoms with Crippen LogP contribution in [0.4, 0.5) is 5.13 Å². The number of hydrogen-bond acceptors (Lipinski definition) is 4. The summed E-state index contributed by atoms with van der Waals surface area (Å²) in [7, 11) is 5.89.